The van der Waals surface area contributed by atoms with Gasteiger partial charge in [0, 0.05) is 34.4 Å². The molecule has 0 saturated heterocycles. The molecular formula is C21H16N4O5S2. The number of rotatable bonds is 5. The Bertz CT molecular complexity index is 1350. The van der Waals surface area contributed by atoms with Gasteiger partial charge in [-0.05, 0) is 55.3 Å². The summed E-state index contributed by atoms with van der Waals surface area (Å²) in [6.07, 6.45) is 2.90. The summed E-state index contributed by atoms with van der Waals surface area (Å²) in [5.74, 6) is -1.40. The predicted molar refractivity (Wildman–Crippen MR) is 117 cm³/mol. The fraction of sp³-hybridized carbons (Fsp3) is 0.143. The van der Waals surface area contributed by atoms with Gasteiger partial charge in [-0.3, -0.25) is 19.7 Å². The predicted octanol–water partition coefficient (Wildman–Crippen LogP) is 2.95. The van der Waals surface area contributed by atoms with E-state index in [1.165, 1.54) is 29.5 Å². The maximum atomic E-state index is 12.8. The van der Waals surface area contributed by atoms with Crippen LogP contribution in [0.4, 0.5) is 10.8 Å². The van der Waals surface area contributed by atoms with Crippen molar-refractivity contribution in [1.82, 2.24) is 9.29 Å². The first kappa shape index (κ1) is 20.3. The second-order valence-corrected chi connectivity index (χ2v) is 10.0. The minimum absolute atomic E-state index is 0.0871. The van der Waals surface area contributed by atoms with Gasteiger partial charge in [0.1, 0.15) is 4.90 Å². The zero-order valence-electron chi connectivity index (χ0n) is 16.4. The fourth-order valence-corrected chi connectivity index (χ4v) is 5.79. The van der Waals surface area contributed by atoms with Crippen molar-refractivity contribution in [2.75, 3.05) is 10.6 Å². The number of amides is 3. The van der Waals surface area contributed by atoms with E-state index in [1.54, 1.807) is 35.8 Å². The number of nitrogens with one attached hydrogen (secondary N) is 2. The van der Waals surface area contributed by atoms with E-state index in [0.29, 0.717) is 29.2 Å². The Morgan fingerprint density at radius 2 is 1.69 bits per heavy atom. The molecule has 9 nitrogen and oxygen atoms in total. The van der Waals surface area contributed by atoms with Crippen LogP contribution in [0.5, 0.6) is 0 Å². The first-order chi connectivity index (χ1) is 15.3. The summed E-state index contributed by atoms with van der Waals surface area (Å²) in [5, 5.41) is 7.57. The number of nitrogens with zero attached hydrogens (tertiary/aromatic N) is 2. The highest BCUT2D eigenvalue weighted by Crippen LogP contribution is 2.39. The molecule has 3 amide bonds. The summed E-state index contributed by atoms with van der Waals surface area (Å²) in [4.78, 5) is 41.2. The number of carbonyl (C=O) groups excluding carboxylic acids is 3. The maximum absolute atomic E-state index is 12.8. The number of anilines is 2. The molecule has 0 radical (unpaired) electrons. The summed E-state index contributed by atoms with van der Waals surface area (Å²) in [7, 11) is -3.94. The lowest BCUT2D eigenvalue weighted by molar-refractivity contribution is 0.0864. The molecule has 1 aliphatic heterocycles. The van der Waals surface area contributed by atoms with Crippen LogP contribution in [0, 0.1) is 0 Å². The highest BCUT2D eigenvalue weighted by molar-refractivity contribution is 7.90. The van der Waals surface area contributed by atoms with Gasteiger partial charge in [-0.15, -0.1) is 11.3 Å². The number of carbonyl (C=O) groups is 3. The second kappa shape index (κ2) is 7.53. The maximum Gasteiger partial charge on any atom is 0.269 e. The van der Waals surface area contributed by atoms with Crippen molar-refractivity contribution in [3.8, 4) is 0 Å². The Morgan fingerprint density at radius 3 is 2.34 bits per heavy atom. The quantitative estimate of drug-likeness (QED) is 0.593. The van der Waals surface area contributed by atoms with Crippen LogP contribution in [-0.2, 0) is 10.0 Å². The van der Waals surface area contributed by atoms with Crippen molar-refractivity contribution in [3.05, 3.63) is 70.7 Å². The number of hydrogen-bond donors (Lipinski definition) is 2. The zero-order chi connectivity index (χ0) is 22.5. The van der Waals surface area contributed by atoms with Crippen LogP contribution in [0.3, 0.4) is 0 Å². The third kappa shape index (κ3) is 3.55. The Balaban J connectivity index is 1.31. The van der Waals surface area contributed by atoms with E-state index in [9.17, 15) is 22.8 Å². The van der Waals surface area contributed by atoms with E-state index in [0.717, 1.165) is 4.31 Å². The molecule has 2 aliphatic rings. The average Bonchev–Trinajstić information content (AvgIpc) is 3.42. The number of thiazole rings is 1. The molecule has 0 bridgehead atoms. The molecule has 162 valence electrons. The van der Waals surface area contributed by atoms with Crippen LogP contribution in [0.1, 0.15) is 43.9 Å². The zero-order valence-corrected chi connectivity index (χ0v) is 18.1. The standard InChI is InChI=1S/C21H16N4O5S2/c26-18(24-21-22-9-10-31-21)12-1-4-14(5-2-12)23-19(27)13-3-8-16-17(11-13)32(29,30)25(20(16)28)15-6-7-15/h1-5,8-11,15H,6-7H2,(H,23,27)(H,22,24,26). The molecule has 1 aliphatic carbocycles. The Morgan fingerprint density at radius 1 is 1.00 bits per heavy atom. The van der Waals surface area contributed by atoms with E-state index in [1.807, 2.05) is 0 Å². The monoisotopic (exact) mass is 468 g/mol. The van der Waals surface area contributed by atoms with Gasteiger partial charge in [0.15, 0.2) is 5.13 Å². The Kier molecular flexibility index (Phi) is 4.79. The number of hydrogen-bond acceptors (Lipinski definition) is 7. The van der Waals surface area contributed by atoms with Crippen molar-refractivity contribution in [2.45, 2.75) is 23.8 Å². The first-order valence-corrected chi connectivity index (χ1v) is 12.0. The van der Waals surface area contributed by atoms with Crippen molar-refractivity contribution in [2.24, 2.45) is 0 Å². The summed E-state index contributed by atoms with van der Waals surface area (Å²) >= 11 is 1.30. The van der Waals surface area contributed by atoms with Gasteiger partial charge in [0.2, 0.25) is 0 Å². The molecule has 5 rings (SSSR count). The number of benzene rings is 2. The van der Waals surface area contributed by atoms with Crippen LogP contribution in [0.15, 0.2) is 58.9 Å². The molecule has 2 aromatic carbocycles. The smallest absolute Gasteiger partial charge is 0.269 e. The van der Waals surface area contributed by atoms with Crippen molar-refractivity contribution in [3.63, 3.8) is 0 Å². The van der Waals surface area contributed by atoms with Gasteiger partial charge in [-0.25, -0.2) is 17.7 Å². The van der Waals surface area contributed by atoms with Crippen LogP contribution < -0.4 is 10.6 Å². The van der Waals surface area contributed by atoms with Crippen molar-refractivity contribution < 1.29 is 22.8 Å². The molecule has 2 N–H and O–H groups in total. The van der Waals surface area contributed by atoms with E-state index in [4.69, 9.17) is 0 Å². The molecule has 1 aromatic heterocycles. The van der Waals surface area contributed by atoms with Crippen molar-refractivity contribution in [1.29, 1.82) is 0 Å². The number of aromatic nitrogens is 1. The molecule has 0 unspecified atom stereocenters. The lowest BCUT2D eigenvalue weighted by Gasteiger charge is -2.13. The van der Waals surface area contributed by atoms with Gasteiger partial charge >= 0.3 is 0 Å². The summed E-state index contributed by atoms with van der Waals surface area (Å²) in [5.41, 5.74) is 1.02. The normalized spacial score (nSPS) is 16.5. The lowest BCUT2D eigenvalue weighted by Crippen LogP contribution is -2.31. The SMILES string of the molecule is O=C(Nc1ccc(C(=O)Nc2nccs2)cc1)c1ccc2c(c1)S(=O)(=O)N(C1CC1)C2=O. The summed E-state index contributed by atoms with van der Waals surface area (Å²) < 4.78 is 26.4. The van der Waals surface area contributed by atoms with Gasteiger partial charge in [0.05, 0.1) is 5.56 Å². The van der Waals surface area contributed by atoms with E-state index >= 15 is 0 Å². The largest absolute Gasteiger partial charge is 0.322 e. The van der Waals surface area contributed by atoms with Gasteiger partial charge in [0.25, 0.3) is 27.7 Å². The molecule has 1 fully saturated rings. The minimum atomic E-state index is -3.94. The molecule has 11 heteroatoms. The fourth-order valence-electron chi connectivity index (χ4n) is 3.42. The lowest BCUT2D eigenvalue weighted by atomic mass is 10.1. The summed E-state index contributed by atoms with van der Waals surface area (Å²) in [6, 6.07) is 9.98. The summed E-state index contributed by atoms with van der Waals surface area (Å²) in [6.45, 7) is 0. The molecule has 2 heterocycles. The molecular weight excluding hydrogens is 452 g/mol. The highest BCUT2D eigenvalue weighted by atomic mass is 32.2. The average molecular weight is 469 g/mol. The minimum Gasteiger partial charge on any atom is -0.322 e. The van der Waals surface area contributed by atoms with E-state index in [2.05, 4.69) is 15.6 Å². The third-order valence-electron chi connectivity index (χ3n) is 5.15. The second-order valence-electron chi connectivity index (χ2n) is 7.37. The Hall–Kier alpha value is -3.57. The van der Waals surface area contributed by atoms with Crippen LogP contribution >= 0.6 is 11.3 Å². The molecule has 3 aromatic rings. The molecule has 0 spiro atoms. The van der Waals surface area contributed by atoms with Gasteiger partial charge in [-0.2, -0.15) is 0 Å². The van der Waals surface area contributed by atoms with Gasteiger partial charge in [-0.1, -0.05) is 0 Å². The third-order valence-corrected chi connectivity index (χ3v) is 7.71. The van der Waals surface area contributed by atoms with Crippen LogP contribution in [-0.4, -0.2) is 41.5 Å². The molecule has 1 saturated carbocycles. The van der Waals surface area contributed by atoms with E-state index < -0.39 is 21.8 Å². The van der Waals surface area contributed by atoms with Crippen molar-refractivity contribution >= 4 is 49.9 Å². The highest BCUT2D eigenvalue weighted by Gasteiger charge is 2.48. The van der Waals surface area contributed by atoms with Crippen LogP contribution in [0.2, 0.25) is 0 Å². The Labute approximate surface area is 187 Å². The van der Waals surface area contributed by atoms with Crippen LogP contribution in [0.25, 0.3) is 0 Å². The molecule has 0 atom stereocenters. The first-order valence-electron chi connectivity index (χ1n) is 9.70. The van der Waals surface area contributed by atoms with E-state index in [-0.39, 0.29) is 28.0 Å². The topological polar surface area (TPSA) is 126 Å². The molecule has 32 heavy (non-hydrogen) atoms. The van der Waals surface area contributed by atoms with Gasteiger partial charge < -0.3 is 5.32 Å². The number of sulfonamides is 1. The number of fused-ring (bicyclic) bond motifs is 1.